The fourth-order valence-corrected chi connectivity index (χ4v) is 3.67. The van der Waals surface area contributed by atoms with Gasteiger partial charge in [-0.2, -0.15) is 0 Å². The van der Waals surface area contributed by atoms with Crippen LogP contribution in [0.15, 0.2) is 18.2 Å². The first-order chi connectivity index (χ1) is 13.6. The summed E-state index contributed by atoms with van der Waals surface area (Å²) in [5.41, 5.74) is 1.30. The molecule has 0 aromatic heterocycles. The van der Waals surface area contributed by atoms with Crippen molar-refractivity contribution in [3.8, 4) is 0 Å². The lowest BCUT2D eigenvalue weighted by Gasteiger charge is -2.33. The molecule has 0 bridgehead atoms. The molecule has 2 aliphatic heterocycles. The summed E-state index contributed by atoms with van der Waals surface area (Å²) < 4.78 is 5.54. The summed E-state index contributed by atoms with van der Waals surface area (Å²) in [5, 5.41) is 7.85. The molecule has 5 amide bonds. The minimum atomic E-state index is -0.789. The molecular formula is C20H26N4O5. The van der Waals surface area contributed by atoms with Crippen LogP contribution in [0.3, 0.4) is 0 Å². The Morgan fingerprint density at radius 3 is 2.62 bits per heavy atom. The lowest BCUT2D eigenvalue weighted by atomic mass is 10.0. The molecular weight excluding hydrogens is 376 g/mol. The summed E-state index contributed by atoms with van der Waals surface area (Å²) >= 11 is 0. The van der Waals surface area contributed by atoms with E-state index in [4.69, 9.17) is 4.74 Å². The van der Waals surface area contributed by atoms with E-state index in [0.29, 0.717) is 16.7 Å². The predicted molar refractivity (Wildman–Crippen MR) is 104 cm³/mol. The number of hydrogen-bond donors (Lipinski definition) is 3. The van der Waals surface area contributed by atoms with Crippen molar-refractivity contribution in [1.29, 1.82) is 0 Å². The first kappa shape index (κ1) is 20.8. The van der Waals surface area contributed by atoms with E-state index in [0.717, 1.165) is 0 Å². The second-order valence-electron chi connectivity index (χ2n) is 8.21. The van der Waals surface area contributed by atoms with Crippen molar-refractivity contribution in [3.05, 3.63) is 34.9 Å². The van der Waals surface area contributed by atoms with Crippen LogP contribution in [-0.2, 0) is 20.9 Å². The lowest BCUT2D eigenvalue weighted by Crippen LogP contribution is -2.53. The standard InChI is InChI=1S/C20H26N4O5/c1-20(2,3)23-19(28)21-10-11-6-5-7-12-15(11)17(27)24(18(12)29-4)13-8-9-14(25)22-16(13)26/h5-7,13,18H,8-10H2,1-4H3,(H2,21,23,28)(H,22,25,26). The number of carbonyl (C=O) groups is 4. The van der Waals surface area contributed by atoms with Crippen LogP contribution < -0.4 is 16.0 Å². The molecule has 2 aliphatic rings. The lowest BCUT2D eigenvalue weighted by molar-refractivity contribution is -0.140. The number of imide groups is 1. The maximum atomic E-state index is 13.2. The van der Waals surface area contributed by atoms with Gasteiger partial charge in [-0.1, -0.05) is 18.2 Å². The fraction of sp³-hybridized carbons (Fsp3) is 0.500. The Morgan fingerprint density at radius 1 is 1.28 bits per heavy atom. The molecule has 1 aromatic carbocycles. The molecule has 2 heterocycles. The Labute approximate surface area is 169 Å². The predicted octanol–water partition coefficient (Wildman–Crippen LogP) is 1.19. The summed E-state index contributed by atoms with van der Waals surface area (Å²) in [6.45, 7) is 5.77. The molecule has 156 valence electrons. The number of rotatable bonds is 4. The largest absolute Gasteiger partial charge is 0.357 e. The third-order valence-corrected chi connectivity index (χ3v) is 4.85. The van der Waals surface area contributed by atoms with Gasteiger partial charge in [0.15, 0.2) is 6.23 Å². The Morgan fingerprint density at radius 2 is 2.00 bits per heavy atom. The number of amides is 5. The first-order valence-corrected chi connectivity index (χ1v) is 9.49. The Kier molecular flexibility index (Phi) is 5.61. The van der Waals surface area contributed by atoms with Gasteiger partial charge in [0.25, 0.3) is 5.91 Å². The molecule has 1 aromatic rings. The van der Waals surface area contributed by atoms with Gasteiger partial charge in [0.1, 0.15) is 6.04 Å². The molecule has 0 spiro atoms. The molecule has 1 saturated heterocycles. The molecule has 29 heavy (non-hydrogen) atoms. The van der Waals surface area contributed by atoms with E-state index >= 15 is 0 Å². The van der Waals surface area contributed by atoms with E-state index in [1.807, 2.05) is 20.8 Å². The van der Waals surface area contributed by atoms with Crippen LogP contribution in [0.5, 0.6) is 0 Å². The molecule has 2 unspecified atom stereocenters. The zero-order valence-electron chi connectivity index (χ0n) is 17.0. The summed E-state index contributed by atoms with van der Waals surface area (Å²) in [5.74, 6) is -1.21. The topological polar surface area (TPSA) is 117 Å². The third kappa shape index (κ3) is 4.24. The zero-order chi connectivity index (χ0) is 21.3. The fourth-order valence-electron chi connectivity index (χ4n) is 3.67. The van der Waals surface area contributed by atoms with Crippen LogP contribution in [0, 0.1) is 0 Å². The summed E-state index contributed by atoms with van der Waals surface area (Å²) in [6, 6.07) is 4.18. The van der Waals surface area contributed by atoms with Gasteiger partial charge in [0.05, 0.1) is 5.56 Å². The van der Waals surface area contributed by atoms with E-state index in [9.17, 15) is 19.2 Å². The SMILES string of the molecule is COC1c2cccc(CNC(=O)NC(C)(C)C)c2C(=O)N1C1CCC(=O)NC1=O. The van der Waals surface area contributed by atoms with Crippen LogP contribution in [0.25, 0.3) is 0 Å². The van der Waals surface area contributed by atoms with E-state index in [-0.39, 0.29) is 42.8 Å². The molecule has 1 fully saturated rings. The van der Waals surface area contributed by atoms with Crippen molar-refractivity contribution in [2.45, 2.75) is 58.0 Å². The van der Waals surface area contributed by atoms with Gasteiger partial charge >= 0.3 is 6.03 Å². The number of methoxy groups -OCH3 is 1. The van der Waals surface area contributed by atoms with Crippen molar-refractivity contribution in [3.63, 3.8) is 0 Å². The highest BCUT2D eigenvalue weighted by atomic mass is 16.5. The number of nitrogens with one attached hydrogen (secondary N) is 3. The number of ether oxygens (including phenoxy) is 1. The van der Waals surface area contributed by atoms with Crippen LogP contribution in [0.1, 0.15) is 61.3 Å². The molecule has 3 N–H and O–H groups in total. The van der Waals surface area contributed by atoms with Gasteiger partial charge in [-0.25, -0.2) is 4.79 Å². The second-order valence-corrected chi connectivity index (χ2v) is 8.21. The minimum Gasteiger partial charge on any atom is -0.357 e. The first-order valence-electron chi connectivity index (χ1n) is 9.49. The highest BCUT2D eigenvalue weighted by Crippen LogP contribution is 2.38. The van der Waals surface area contributed by atoms with Crippen LogP contribution in [-0.4, -0.2) is 47.3 Å². The molecule has 0 radical (unpaired) electrons. The highest BCUT2D eigenvalue weighted by Gasteiger charge is 2.46. The summed E-state index contributed by atoms with van der Waals surface area (Å²) in [4.78, 5) is 50.5. The Balaban J connectivity index is 1.84. The van der Waals surface area contributed by atoms with Crippen LogP contribution >= 0.6 is 0 Å². The van der Waals surface area contributed by atoms with Crippen molar-refractivity contribution < 1.29 is 23.9 Å². The van der Waals surface area contributed by atoms with Crippen molar-refractivity contribution in [1.82, 2.24) is 20.9 Å². The quantitative estimate of drug-likeness (QED) is 0.654. The molecule has 9 heteroatoms. The monoisotopic (exact) mass is 402 g/mol. The van der Waals surface area contributed by atoms with Crippen LogP contribution in [0.2, 0.25) is 0 Å². The number of piperidine rings is 1. The van der Waals surface area contributed by atoms with Gasteiger partial charge in [-0.15, -0.1) is 0 Å². The van der Waals surface area contributed by atoms with Crippen molar-refractivity contribution in [2.75, 3.05) is 7.11 Å². The van der Waals surface area contributed by atoms with E-state index in [2.05, 4.69) is 16.0 Å². The minimum absolute atomic E-state index is 0.149. The average molecular weight is 402 g/mol. The van der Waals surface area contributed by atoms with Crippen molar-refractivity contribution >= 4 is 23.8 Å². The molecule has 3 rings (SSSR count). The van der Waals surface area contributed by atoms with Crippen LogP contribution in [0.4, 0.5) is 4.79 Å². The maximum Gasteiger partial charge on any atom is 0.315 e. The second kappa shape index (κ2) is 7.82. The van der Waals surface area contributed by atoms with Crippen molar-refractivity contribution in [2.24, 2.45) is 0 Å². The van der Waals surface area contributed by atoms with E-state index in [1.165, 1.54) is 12.0 Å². The van der Waals surface area contributed by atoms with E-state index < -0.39 is 18.2 Å². The number of nitrogens with zero attached hydrogens (tertiary/aromatic N) is 1. The molecule has 0 aliphatic carbocycles. The summed E-state index contributed by atoms with van der Waals surface area (Å²) in [7, 11) is 1.47. The van der Waals surface area contributed by atoms with Gasteiger partial charge in [-0.05, 0) is 32.8 Å². The number of fused-ring (bicyclic) bond motifs is 1. The van der Waals surface area contributed by atoms with Gasteiger partial charge in [0.2, 0.25) is 11.8 Å². The number of benzene rings is 1. The maximum absolute atomic E-state index is 13.2. The summed E-state index contributed by atoms with van der Waals surface area (Å²) in [6.07, 6.45) is -0.329. The van der Waals surface area contributed by atoms with Gasteiger partial charge in [0, 0.05) is 31.2 Å². The molecule has 9 nitrogen and oxygen atoms in total. The van der Waals surface area contributed by atoms with Gasteiger partial charge in [-0.3, -0.25) is 24.6 Å². The molecule has 2 atom stereocenters. The zero-order valence-corrected chi connectivity index (χ0v) is 17.0. The van der Waals surface area contributed by atoms with Gasteiger partial charge < -0.3 is 15.4 Å². The number of carbonyl (C=O) groups excluding carboxylic acids is 4. The normalized spacial score (nSPS) is 21.7. The highest BCUT2D eigenvalue weighted by molar-refractivity contribution is 6.06. The Bertz CT molecular complexity index is 861. The number of urea groups is 1. The average Bonchev–Trinajstić information content (AvgIpc) is 2.91. The van der Waals surface area contributed by atoms with E-state index in [1.54, 1.807) is 18.2 Å². The molecule has 0 saturated carbocycles. The third-order valence-electron chi connectivity index (χ3n) is 4.85. The number of hydrogen-bond acceptors (Lipinski definition) is 5. The smallest absolute Gasteiger partial charge is 0.315 e. The Hall–Kier alpha value is -2.94.